The number of anilines is 3. The standard InChI is InChI=1S/C63H41N/c1-3-20-51-44(14-1)16-12-25-53(51)46-32-30-42(31-33-46)43-34-36-48(37-35-43)64(49-19-11-18-47(40-49)54-26-13-17-45-15-2-4-21-52(45)54)50-38-39-58-57-24-7-10-29-61(57)63(62(58)41-50)59-27-8-5-22-55(59)56-23-6-9-28-60(56)63/h1-41H. The van der Waals surface area contributed by atoms with Crippen molar-refractivity contribution in [1.82, 2.24) is 0 Å². The Labute approximate surface area is 373 Å². The third kappa shape index (κ3) is 5.44. The highest BCUT2D eigenvalue weighted by Gasteiger charge is 2.51. The van der Waals surface area contributed by atoms with Crippen molar-refractivity contribution in [2.75, 3.05) is 4.90 Å². The van der Waals surface area contributed by atoms with Crippen LogP contribution in [0, 0.1) is 0 Å². The molecule has 11 aromatic carbocycles. The molecule has 2 aliphatic rings. The van der Waals surface area contributed by atoms with E-state index < -0.39 is 5.41 Å². The minimum atomic E-state index is -0.437. The van der Waals surface area contributed by atoms with Crippen molar-refractivity contribution in [2.24, 2.45) is 0 Å². The number of nitrogens with zero attached hydrogens (tertiary/aromatic N) is 1. The summed E-state index contributed by atoms with van der Waals surface area (Å²) in [7, 11) is 0. The number of fused-ring (bicyclic) bond motifs is 12. The molecule has 0 aromatic heterocycles. The summed E-state index contributed by atoms with van der Waals surface area (Å²) in [5.41, 5.74) is 20.7. The van der Waals surface area contributed by atoms with Crippen molar-refractivity contribution in [1.29, 1.82) is 0 Å². The predicted octanol–water partition coefficient (Wildman–Crippen LogP) is 16.8. The maximum atomic E-state index is 2.48. The van der Waals surface area contributed by atoms with E-state index in [-0.39, 0.29) is 0 Å². The molecule has 1 nitrogen and oxygen atoms in total. The second-order valence-electron chi connectivity index (χ2n) is 17.2. The van der Waals surface area contributed by atoms with Crippen LogP contribution >= 0.6 is 0 Å². The Morgan fingerprint density at radius 1 is 0.234 bits per heavy atom. The van der Waals surface area contributed by atoms with Crippen LogP contribution in [0.5, 0.6) is 0 Å². The fourth-order valence-electron chi connectivity index (χ4n) is 11.1. The van der Waals surface area contributed by atoms with Crippen LogP contribution in [0.3, 0.4) is 0 Å². The summed E-state index contributed by atoms with van der Waals surface area (Å²) < 4.78 is 0. The van der Waals surface area contributed by atoms with Crippen molar-refractivity contribution < 1.29 is 0 Å². The van der Waals surface area contributed by atoms with Gasteiger partial charge in [0.1, 0.15) is 0 Å². The van der Waals surface area contributed by atoms with Gasteiger partial charge in [0.15, 0.2) is 0 Å². The Balaban J connectivity index is 0.969. The zero-order chi connectivity index (χ0) is 42.2. The normalized spacial score (nSPS) is 12.8. The first-order valence-corrected chi connectivity index (χ1v) is 22.2. The maximum absolute atomic E-state index is 2.48. The quantitative estimate of drug-likeness (QED) is 0.162. The fourth-order valence-corrected chi connectivity index (χ4v) is 11.1. The highest BCUT2D eigenvalue weighted by Crippen LogP contribution is 2.63. The number of benzene rings is 11. The fraction of sp³-hybridized carbons (Fsp3) is 0.0159. The van der Waals surface area contributed by atoms with E-state index in [0.717, 1.165) is 17.1 Å². The van der Waals surface area contributed by atoms with Gasteiger partial charge in [-0.05, 0) is 136 Å². The molecule has 1 heteroatoms. The molecule has 64 heavy (non-hydrogen) atoms. The number of hydrogen-bond acceptors (Lipinski definition) is 1. The van der Waals surface area contributed by atoms with Gasteiger partial charge in [-0.25, -0.2) is 0 Å². The molecule has 0 aliphatic heterocycles. The molecular formula is C63H41N. The van der Waals surface area contributed by atoms with Crippen molar-refractivity contribution in [2.45, 2.75) is 5.41 Å². The predicted molar refractivity (Wildman–Crippen MR) is 269 cm³/mol. The smallest absolute Gasteiger partial charge is 0.0726 e. The van der Waals surface area contributed by atoms with Gasteiger partial charge in [-0.15, -0.1) is 0 Å². The van der Waals surface area contributed by atoms with E-state index >= 15 is 0 Å². The van der Waals surface area contributed by atoms with Gasteiger partial charge in [-0.3, -0.25) is 0 Å². The molecule has 0 fully saturated rings. The largest absolute Gasteiger partial charge is 0.310 e. The lowest BCUT2D eigenvalue weighted by Crippen LogP contribution is -2.26. The van der Waals surface area contributed by atoms with Crippen molar-refractivity contribution >= 4 is 38.6 Å². The lowest BCUT2D eigenvalue weighted by atomic mass is 9.70. The summed E-state index contributed by atoms with van der Waals surface area (Å²) in [6.07, 6.45) is 0. The Kier molecular flexibility index (Phi) is 8.20. The minimum Gasteiger partial charge on any atom is -0.310 e. The number of rotatable bonds is 6. The molecule has 0 amide bonds. The van der Waals surface area contributed by atoms with Crippen LogP contribution in [0.1, 0.15) is 22.3 Å². The van der Waals surface area contributed by atoms with Gasteiger partial charge in [0, 0.05) is 17.1 Å². The van der Waals surface area contributed by atoms with Crippen LogP contribution in [0.4, 0.5) is 17.1 Å². The molecule has 0 saturated carbocycles. The molecule has 0 unspecified atom stereocenters. The summed E-state index contributed by atoms with van der Waals surface area (Å²) in [5, 5.41) is 5.02. The Morgan fingerprint density at radius 3 is 1.23 bits per heavy atom. The van der Waals surface area contributed by atoms with E-state index in [1.54, 1.807) is 0 Å². The molecule has 2 aliphatic carbocycles. The van der Waals surface area contributed by atoms with Gasteiger partial charge in [-0.1, -0.05) is 212 Å². The zero-order valence-electron chi connectivity index (χ0n) is 35.1. The first-order valence-electron chi connectivity index (χ1n) is 22.2. The second-order valence-corrected chi connectivity index (χ2v) is 17.2. The highest BCUT2D eigenvalue weighted by atomic mass is 15.1. The molecule has 11 aromatic rings. The topological polar surface area (TPSA) is 3.24 Å². The number of hydrogen-bond donors (Lipinski definition) is 0. The average molecular weight is 812 g/mol. The van der Waals surface area contributed by atoms with Crippen molar-refractivity contribution in [3.63, 3.8) is 0 Å². The lowest BCUT2D eigenvalue weighted by molar-refractivity contribution is 0.793. The zero-order valence-corrected chi connectivity index (χ0v) is 35.1. The van der Waals surface area contributed by atoms with Crippen molar-refractivity contribution in [3.05, 3.63) is 271 Å². The first-order chi connectivity index (χ1) is 31.7. The van der Waals surface area contributed by atoms with Crippen LogP contribution in [-0.2, 0) is 5.41 Å². The molecule has 0 saturated heterocycles. The molecular weight excluding hydrogens is 771 g/mol. The summed E-state index contributed by atoms with van der Waals surface area (Å²) in [6, 6.07) is 92.1. The monoisotopic (exact) mass is 811 g/mol. The van der Waals surface area contributed by atoms with Gasteiger partial charge in [0.05, 0.1) is 5.41 Å². The summed E-state index contributed by atoms with van der Waals surface area (Å²) in [4.78, 5) is 2.45. The SMILES string of the molecule is c1cc(-c2cccc3ccccc23)cc(N(c2ccc(-c3ccc(-c4cccc5ccccc45)cc3)cc2)c2ccc3c(c2)C2(c4ccccc4-c4ccccc42)c2ccccc2-3)c1. The Hall–Kier alpha value is -8.26. The lowest BCUT2D eigenvalue weighted by Gasteiger charge is -2.32. The van der Waals surface area contributed by atoms with E-state index in [1.165, 1.54) is 99.4 Å². The van der Waals surface area contributed by atoms with Gasteiger partial charge in [0.25, 0.3) is 0 Å². The van der Waals surface area contributed by atoms with Crippen molar-refractivity contribution in [3.8, 4) is 55.6 Å². The Morgan fingerprint density at radius 2 is 0.641 bits per heavy atom. The van der Waals surface area contributed by atoms with Crippen LogP contribution in [0.15, 0.2) is 249 Å². The van der Waals surface area contributed by atoms with E-state index in [2.05, 4.69) is 254 Å². The summed E-state index contributed by atoms with van der Waals surface area (Å²) in [5.74, 6) is 0. The van der Waals surface area contributed by atoms with E-state index in [4.69, 9.17) is 0 Å². The molecule has 298 valence electrons. The van der Waals surface area contributed by atoms with Crippen LogP contribution in [0.25, 0.3) is 77.2 Å². The van der Waals surface area contributed by atoms with E-state index in [0.29, 0.717) is 0 Å². The van der Waals surface area contributed by atoms with Crippen LogP contribution in [0.2, 0.25) is 0 Å². The van der Waals surface area contributed by atoms with Gasteiger partial charge >= 0.3 is 0 Å². The average Bonchev–Trinajstić information content (AvgIpc) is 3.84. The third-order valence-electron chi connectivity index (χ3n) is 13.9. The minimum absolute atomic E-state index is 0.437. The molecule has 0 radical (unpaired) electrons. The van der Waals surface area contributed by atoms with Gasteiger partial charge in [0.2, 0.25) is 0 Å². The highest BCUT2D eigenvalue weighted by molar-refractivity contribution is 6.00. The molecule has 0 N–H and O–H groups in total. The molecule has 13 rings (SSSR count). The van der Waals surface area contributed by atoms with E-state index in [1.807, 2.05) is 0 Å². The van der Waals surface area contributed by atoms with Gasteiger partial charge in [-0.2, -0.15) is 0 Å². The van der Waals surface area contributed by atoms with Crippen LogP contribution in [-0.4, -0.2) is 0 Å². The summed E-state index contributed by atoms with van der Waals surface area (Å²) >= 11 is 0. The molecule has 1 spiro atoms. The van der Waals surface area contributed by atoms with Crippen LogP contribution < -0.4 is 4.90 Å². The molecule has 0 bridgehead atoms. The van der Waals surface area contributed by atoms with E-state index in [9.17, 15) is 0 Å². The molecule has 0 atom stereocenters. The molecule has 0 heterocycles. The van der Waals surface area contributed by atoms with Gasteiger partial charge < -0.3 is 4.90 Å². The first kappa shape index (κ1) is 36.4. The Bertz CT molecular complexity index is 3540. The maximum Gasteiger partial charge on any atom is 0.0726 e. The summed E-state index contributed by atoms with van der Waals surface area (Å²) in [6.45, 7) is 0. The second kappa shape index (κ2) is 14.4. The third-order valence-corrected chi connectivity index (χ3v) is 13.9.